The topological polar surface area (TPSA) is 90.5 Å². The molecular formula is C21H31N5O2. The largest absolute Gasteiger partial charge is 0.450 e. The number of para-hydroxylation sites is 1. The maximum atomic E-state index is 11.8. The van der Waals surface area contributed by atoms with Crippen molar-refractivity contribution in [2.24, 2.45) is 10.9 Å². The predicted octanol–water partition coefficient (Wildman–Crippen LogP) is 2.79. The van der Waals surface area contributed by atoms with Crippen molar-refractivity contribution in [2.75, 3.05) is 26.2 Å². The fourth-order valence-corrected chi connectivity index (χ4v) is 3.32. The Kier molecular flexibility index (Phi) is 7.17. The summed E-state index contributed by atoms with van der Waals surface area (Å²) in [6.45, 7) is 6.36. The highest BCUT2D eigenvalue weighted by Crippen LogP contribution is 2.32. The third-order valence-corrected chi connectivity index (χ3v) is 4.92. The van der Waals surface area contributed by atoms with E-state index in [1.54, 1.807) is 0 Å². The van der Waals surface area contributed by atoms with E-state index in [4.69, 9.17) is 4.74 Å². The number of amides is 1. The van der Waals surface area contributed by atoms with Gasteiger partial charge in [-0.2, -0.15) is 0 Å². The number of H-pyrrole nitrogens is 1. The van der Waals surface area contributed by atoms with Gasteiger partial charge in [-0.25, -0.2) is 4.79 Å². The van der Waals surface area contributed by atoms with Gasteiger partial charge >= 0.3 is 6.09 Å². The lowest BCUT2D eigenvalue weighted by Gasteiger charge is -2.17. The Morgan fingerprint density at radius 2 is 2.11 bits per heavy atom. The van der Waals surface area contributed by atoms with Gasteiger partial charge in [-0.05, 0) is 50.7 Å². The second-order valence-electron chi connectivity index (χ2n) is 7.06. The summed E-state index contributed by atoms with van der Waals surface area (Å²) in [4.78, 5) is 19.8. The maximum absolute atomic E-state index is 11.8. The lowest BCUT2D eigenvalue weighted by molar-refractivity contribution is 0.147. The highest BCUT2D eigenvalue weighted by Gasteiger charge is 2.32. The van der Waals surface area contributed by atoms with Crippen LogP contribution in [0.4, 0.5) is 4.79 Å². The Morgan fingerprint density at radius 1 is 1.29 bits per heavy atom. The number of fused-ring (bicyclic) bond motifs is 1. The highest BCUT2D eigenvalue weighted by atomic mass is 16.5. The summed E-state index contributed by atoms with van der Waals surface area (Å²) in [7, 11) is 0. The number of carbonyl (C=O) groups is 1. The molecule has 1 aromatic heterocycles. The van der Waals surface area contributed by atoms with E-state index in [0.717, 1.165) is 43.8 Å². The van der Waals surface area contributed by atoms with E-state index < -0.39 is 0 Å². The van der Waals surface area contributed by atoms with Gasteiger partial charge in [-0.15, -0.1) is 0 Å². The molecule has 1 fully saturated rings. The molecule has 1 atom stereocenters. The van der Waals surface area contributed by atoms with Gasteiger partial charge in [0.15, 0.2) is 5.96 Å². The molecule has 3 rings (SSSR count). The summed E-state index contributed by atoms with van der Waals surface area (Å²) >= 11 is 0. The second-order valence-corrected chi connectivity index (χ2v) is 7.06. The number of nitrogens with zero attached hydrogens (tertiary/aromatic N) is 1. The molecule has 2 aromatic rings. The lowest BCUT2D eigenvalue weighted by atomic mass is 10.1. The van der Waals surface area contributed by atoms with E-state index in [1.165, 1.54) is 10.9 Å². The molecule has 1 heterocycles. The maximum Gasteiger partial charge on any atom is 0.407 e. The van der Waals surface area contributed by atoms with Crippen LogP contribution in [0.5, 0.6) is 0 Å². The van der Waals surface area contributed by atoms with Crippen LogP contribution in [0, 0.1) is 5.92 Å². The normalized spacial score (nSPS) is 15.3. The molecule has 1 unspecified atom stereocenters. The average Bonchev–Trinajstić information content (AvgIpc) is 3.46. The van der Waals surface area contributed by atoms with Crippen molar-refractivity contribution in [3.05, 3.63) is 36.0 Å². The first-order valence-electron chi connectivity index (χ1n) is 10.2. The molecule has 0 spiro atoms. The zero-order chi connectivity index (χ0) is 19.8. The Labute approximate surface area is 166 Å². The van der Waals surface area contributed by atoms with Crippen molar-refractivity contribution in [1.82, 2.24) is 20.9 Å². The number of ether oxygens (including phenoxy) is 1. The standard InChI is InChI=1S/C21H31N5O2/c1-3-22-20(25-14-19(15-9-10-15)26-21(27)28-4-2)23-12-11-16-13-24-18-8-6-5-7-17(16)18/h5-8,13,15,19,24H,3-4,9-12,14H2,1-2H3,(H,26,27)(H2,22,23,25). The van der Waals surface area contributed by atoms with E-state index in [9.17, 15) is 4.79 Å². The molecule has 0 bridgehead atoms. The Morgan fingerprint density at radius 3 is 2.86 bits per heavy atom. The van der Waals surface area contributed by atoms with Crippen LogP contribution in [0.2, 0.25) is 0 Å². The van der Waals surface area contributed by atoms with Gasteiger partial charge in [0.05, 0.1) is 19.2 Å². The summed E-state index contributed by atoms with van der Waals surface area (Å²) in [6, 6.07) is 8.36. The zero-order valence-electron chi connectivity index (χ0n) is 16.8. The third-order valence-electron chi connectivity index (χ3n) is 4.92. The fraction of sp³-hybridized carbons (Fsp3) is 0.524. The second kappa shape index (κ2) is 10.0. The number of aliphatic imine (C=N–C) groups is 1. The number of nitrogens with one attached hydrogen (secondary N) is 4. The number of guanidine groups is 1. The summed E-state index contributed by atoms with van der Waals surface area (Å²) in [5.74, 6) is 1.28. The molecule has 1 saturated carbocycles. The van der Waals surface area contributed by atoms with Crippen LogP contribution < -0.4 is 16.0 Å². The fourth-order valence-electron chi connectivity index (χ4n) is 3.32. The molecule has 7 nitrogen and oxygen atoms in total. The van der Waals surface area contributed by atoms with Gasteiger partial charge in [-0.3, -0.25) is 4.99 Å². The van der Waals surface area contributed by atoms with Gasteiger partial charge in [-0.1, -0.05) is 18.2 Å². The molecular weight excluding hydrogens is 354 g/mol. The smallest absolute Gasteiger partial charge is 0.407 e. The average molecular weight is 386 g/mol. The molecule has 4 N–H and O–H groups in total. The minimum absolute atomic E-state index is 0.0307. The van der Waals surface area contributed by atoms with E-state index in [2.05, 4.69) is 50.3 Å². The van der Waals surface area contributed by atoms with E-state index in [1.807, 2.05) is 19.9 Å². The first-order chi connectivity index (χ1) is 13.7. The quantitative estimate of drug-likeness (QED) is 0.395. The highest BCUT2D eigenvalue weighted by molar-refractivity contribution is 5.83. The van der Waals surface area contributed by atoms with Crippen molar-refractivity contribution < 1.29 is 9.53 Å². The van der Waals surface area contributed by atoms with Crippen molar-refractivity contribution in [3.8, 4) is 0 Å². The van der Waals surface area contributed by atoms with E-state index in [0.29, 0.717) is 19.1 Å². The minimum Gasteiger partial charge on any atom is -0.450 e. The minimum atomic E-state index is -0.355. The number of aromatic amines is 1. The zero-order valence-corrected chi connectivity index (χ0v) is 16.8. The number of aromatic nitrogens is 1. The molecule has 0 radical (unpaired) electrons. The predicted molar refractivity (Wildman–Crippen MR) is 113 cm³/mol. The van der Waals surface area contributed by atoms with Gasteiger partial charge in [0.1, 0.15) is 0 Å². The molecule has 7 heteroatoms. The number of alkyl carbamates (subject to hydrolysis) is 1. The van der Waals surface area contributed by atoms with Crippen LogP contribution in [0.25, 0.3) is 10.9 Å². The number of hydrogen-bond donors (Lipinski definition) is 4. The number of hydrogen-bond acceptors (Lipinski definition) is 3. The van der Waals surface area contributed by atoms with Gasteiger partial charge in [0, 0.05) is 30.2 Å². The van der Waals surface area contributed by atoms with Crippen LogP contribution in [0.3, 0.4) is 0 Å². The van der Waals surface area contributed by atoms with Crippen LogP contribution in [0.15, 0.2) is 35.5 Å². The lowest BCUT2D eigenvalue weighted by Crippen LogP contribution is -2.42. The first-order valence-corrected chi connectivity index (χ1v) is 10.2. The molecule has 0 aliphatic heterocycles. The molecule has 152 valence electrons. The molecule has 1 aliphatic carbocycles. The summed E-state index contributed by atoms with van der Waals surface area (Å²) < 4.78 is 5.01. The molecule has 1 amide bonds. The number of benzene rings is 1. The molecule has 28 heavy (non-hydrogen) atoms. The van der Waals surface area contributed by atoms with E-state index in [-0.39, 0.29) is 12.1 Å². The van der Waals surface area contributed by atoms with E-state index >= 15 is 0 Å². The van der Waals surface area contributed by atoms with Gasteiger partial charge < -0.3 is 25.7 Å². The summed E-state index contributed by atoms with van der Waals surface area (Å²) in [6.07, 6.45) is 4.89. The third kappa shape index (κ3) is 5.65. The van der Waals surface area contributed by atoms with Crippen LogP contribution in [-0.4, -0.2) is 49.3 Å². The van der Waals surface area contributed by atoms with Crippen LogP contribution in [0.1, 0.15) is 32.3 Å². The van der Waals surface area contributed by atoms with Crippen molar-refractivity contribution in [3.63, 3.8) is 0 Å². The van der Waals surface area contributed by atoms with Crippen molar-refractivity contribution in [1.29, 1.82) is 0 Å². The van der Waals surface area contributed by atoms with Gasteiger partial charge in [0.2, 0.25) is 0 Å². The summed E-state index contributed by atoms with van der Waals surface area (Å²) in [5.41, 5.74) is 2.45. The van der Waals surface area contributed by atoms with Gasteiger partial charge in [0.25, 0.3) is 0 Å². The number of carbonyl (C=O) groups excluding carboxylic acids is 1. The Bertz CT molecular complexity index is 797. The summed E-state index contributed by atoms with van der Waals surface area (Å²) in [5, 5.41) is 10.9. The Balaban J connectivity index is 1.53. The molecule has 1 aliphatic rings. The number of rotatable bonds is 9. The Hall–Kier alpha value is -2.70. The van der Waals surface area contributed by atoms with Crippen molar-refractivity contribution in [2.45, 2.75) is 39.2 Å². The van der Waals surface area contributed by atoms with Crippen molar-refractivity contribution >= 4 is 23.0 Å². The monoisotopic (exact) mass is 385 g/mol. The first kappa shape index (κ1) is 20.0. The van der Waals surface area contributed by atoms with Crippen LogP contribution >= 0.6 is 0 Å². The SMILES string of the molecule is CCNC(=NCC(NC(=O)OCC)C1CC1)NCCc1c[nH]c2ccccc12. The van der Waals surface area contributed by atoms with Crippen LogP contribution in [-0.2, 0) is 11.2 Å². The molecule has 0 saturated heterocycles. The molecule has 1 aromatic carbocycles.